The molecule has 0 saturated carbocycles. The molecule has 2 N–H and O–H groups in total. The second-order valence-electron chi connectivity index (χ2n) is 6.65. The van der Waals surface area contributed by atoms with E-state index >= 15 is 0 Å². The number of halogens is 4. The van der Waals surface area contributed by atoms with Gasteiger partial charge in [0.1, 0.15) is 5.82 Å². The fourth-order valence-electron chi connectivity index (χ4n) is 3.46. The summed E-state index contributed by atoms with van der Waals surface area (Å²) in [5.74, 6) is -0.0414. The fourth-order valence-corrected chi connectivity index (χ4v) is 3.46. The summed E-state index contributed by atoms with van der Waals surface area (Å²) in [5.41, 5.74) is 1.08. The molecule has 0 spiro atoms. The van der Waals surface area contributed by atoms with Crippen LogP contribution in [-0.2, 0) is 4.79 Å². The van der Waals surface area contributed by atoms with Gasteiger partial charge in [-0.2, -0.15) is 0 Å². The van der Waals surface area contributed by atoms with E-state index in [1.807, 2.05) is 12.1 Å². The number of piperazine rings is 1. The van der Waals surface area contributed by atoms with Crippen molar-refractivity contribution in [2.24, 2.45) is 0 Å². The first-order chi connectivity index (χ1) is 11.7. The highest BCUT2D eigenvalue weighted by Crippen LogP contribution is 2.16. The molecular formula is C18H30Cl3FN4O. The molecule has 27 heavy (non-hydrogen) atoms. The van der Waals surface area contributed by atoms with Crippen molar-refractivity contribution in [2.75, 3.05) is 50.7 Å². The van der Waals surface area contributed by atoms with Crippen molar-refractivity contribution in [1.29, 1.82) is 0 Å². The summed E-state index contributed by atoms with van der Waals surface area (Å²) in [6, 6.07) is 7.06. The van der Waals surface area contributed by atoms with E-state index in [0.29, 0.717) is 19.0 Å². The van der Waals surface area contributed by atoms with Crippen LogP contribution < -0.4 is 15.5 Å². The van der Waals surface area contributed by atoms with Crippen LogP contribution in [0.15, 0.2) is 24.3 Å². The molecule has 0 aromatic heterocycles. The van der Waals surface area contributed by atoms with Crippen LogP contribution >= 0.6 is 37.2 Å². The number of amides is 1. The van der Waals surface area contributed by atoms with Gasteiger partial charge in [0.2, 0.25) is 5.91 Å². The quantitative estimate of drug-likeness (QED) is 0.709. The topological polar surface area (TPSA) is 47.6 Å². The first kappa shape index (κ1) is 26.2. The molecule has 2 fully saturated rings. The number of hydrogen-bond donors (Lipinski definition) is 2. The molecule has 0 aliphatic carbocycles. The van der Waals surface area contributed by atoms with Crippen LogP contribution in [0.1, 0.15) is 19.3 Å². The van der Waals surface area contributed by atoms with E-state index in [1.165, 1.54) is 18.6 Å². The third kappa shape index (κ3) is 8.40. The molecule has 2 aliphatic heterocycles. The van der Waals surface area contributed by atoms with Crippen LogP contribution in [0, 0.1) is 5.82 Å². The fraction of sp³-hybridized carbons (Fsp3) is 0.611. The summed E-state index contributed by atoms with van der Waals surface area (Å²) in [6.07, 6.45) is 2.88. The summed E-state index contributed by atoms with van der Waals surface area (Å²) in [4.78, 5) is 16.5. The Hall–Kier alpha value is -0.790. The molecule has 2 saturated heterocycles. The molecule has 1 aromatic rings. The predicted octanol–water partition coefficient (Wildman–Crippen LogP) is 2.47. The van der Waals surface area contributed by atoms with Crippen LogP contribution in [0.5, 0.6) is 0 Å². The Morgan fingerprint density at radius 3 is 2.37 bits per heavy atom. The average molecular weight is 444 g/mol. The lowest BCUT2D eigenvalue weighted by Gasteiger charge is -2.36. The molecular weight excluding hydrogens is 414 g/mol. The molecule has 1 unspecified atom stereocenters. The molecule has 1 atom stereocenters. The maximum absolute atomic E-state index is 13.0. The zero-order chi connectivity index (χ0) is 16.8. The van der Waals surface area contributed by atoms with Gasteiger partial charge >= 0.3 is 0 Å². The van der Waals surface area contributed by atoms with Crippen LogP contribution in [0.3, 0.4) is 0 Å². The van der Waals surface area contributed by atoms with E-state index in [-0.39, 0.29) is 48.9 Å². The molecule has 156 valence electrons. The van der Waals surface area contributed by atoms with Gasteiger partial charge in [-0.05, 0) is 43.7 Å². The number of nitrogens with one attached hydrogen (secondary N) is 2. The third-order valence-electron chi connectivity index (χ3n) is 4.91. The zero-order valence-corrected chi connectivity index (χ0v) is 17.8. The summed E-state index contributed by atoms with van der Waals surface area (Å²) in [6.45, 7) is 6.45. The van der Waals surface area contributed by atoms with Crippen molar-refractivity contribution in [2.45, 2.75) is 25.3 Å². The lowest BCUT2D eigenvalue weighted by Crippen LogP contribution is -2.48. The first-order valence-electron chi connectivity index (χ1n) is 8.94. The molecule has 0 bridgehead atoms. The van der Waals surface area contributed by atoms with Gasteiger partial charge < -0.3 is 15.5 Å². The Labute approximate surface area is 179 Å². The number of carbonyl (C=O) groups excluding carboxylic acids is 1. The smallest absolute Gasteiger partial charge is 0.221 e. The standard InChI is InChI=1S/C18H27FN4O.3ClH/c19-15-3-5-17(6-4-15)23-12-10-22(11-13-23)9-8-21-18(24)14-16-2-1-7-20-16;;;/h3-6,16,20H,1-2,7-14H2,(H,21,24);3*1H. The highest BCUT2D eigenvalue weighted by Gasteiger charge is 2.19. The number of carbonyl (C=O) groups is 1. The largest absolute Gasteiger partial charge is 0.369 e. The van der Waals surface area contributed by atoms with Gasteiger partial charge in [-0.1, -0.05) is 0 Å². The lowest BCUT2D eigenvalue weighted by molar-refractivity contribution is -0.121. The summed E-state index contributed by atoms with van der Waals surface area (Å²) in [7, 11) is 0. The van der Waals surface area contributed by atoms with Gasteiger partial charge in [-0.15, -0.1) is 37.2 Å². The molecule has 1 amide bonds. The van der Waals surface area contributed by atoms with Gasteiger partial charge in [0.05, 0.1) is 0 Å². The predicted molar refractivity (Wildman–Crippen MR) is 115 cm³/mol. The lowest BCUT2D eigenvalue weighted by atomic mass is 10.1. The van der Waals surface area contributed by atoms with Crippen LogP contribution in [0.4, 0.5) is 10.1 Å². The van der Waals surface area contributed by atoms with Crippen molar-refractivity contribution < 1.29 is 9.18 Å². The molecule has 0 radical (unpaired) electrons. The number of nitrogens with zero attached hydrogens (tertiary/aromatic N) is 2. The van der Waals surface area contributed by atoms with Gasteiger partial charge in [0, 0.05) is 57.4 Å². The van der Waals surface area contributed by atoms with E-state index in [1.54, 1.807) is 0 Å². The second-order valence-corrected chi connectivity index (χ2v) is 6.65. The normalized spacial score (nSPS) is 19.4. The average Bonchev–Trinajstić information content (AvgIpc) is 3.09. The number of anilines is 1. The molecule has 9 heteroatoms. The highest BCUT2D eigenvalue weighted by atomic mass is 35.5. The van der Waals surface area contributed by atoms with E-state index in [9.17, 15) is 9.18 Å². The second kappa shape index (κ2) is 13.4. The zero-order valence-electron chi connectivity index (χ0n) is 15.4. The number of rotatable bonds is 6. The Balaban J connectivity index is 0.00000225. The van der Waals surface area contributed by atoms with E-state index < -0.39 is 0 Å². The Kier molecular flexibility index (Phi) is 13.0. The summed E-state index contributed by atoms with van der Waals surface area (Å²) >= 11 is 0. The first-order valence-corrected chi connectivity index (χ1v) is 8.94. The third-order valence-corrected chi connectivity index (χ3v) is 4.91. The van der Waals surface area contributed by atoms with Gasteiger partial charge in [0.15, 0.2) is 0 Å². The van der Waals surface area contributed by atoms with E-state index in [4.69, 9.17) is 0 Å². The number of hydrogen-bond acceptors (Lipinski definition) is 4. The monoisotopic (exact) mass is 442 g/mol. The molecule has 3 rings (SSSR count). The SMILES string of the molecule is Cl.Cl.Cl.O=C(CC1CCCN1)NCCN1CCN(c2ccc(F)cc2)CC1. The van der Waals surface area contributed by atoms with E-state index in [2.05, 4.69) is 20.4 Å². The van der Waals surface area contributed by atoms with Crippen molar-refractivity contribution in [3.05, 3.63) is 30.1 Å². The van der Waals surface area contributed by atoms with Crippen LogP contribution in [-0.4, -0.2) is 62.7 Å². The summed E-state index contributed by atoms with van der Waals surface area (Å²) in [5, 5.41) is 6.38. The molecule has 2 heterocycles. The minimum absolute atomic E-state index is 0. The Morgan fingerprint density at radius 2 is 1.78 bits per heavy atom. The molecule has 1 aromatic carbocycles. The minimum Gasteiger partial charge on any atom is -0.369 e. The van der Waals surface area contributed by atoms with Crippen LogP contribution in [0.25, 0.3) is 0 Å². The minimum atomic E-state index is -0.194. The summed E-state index contributed by atoms with van der Waals surface area (Å²) < 4.78 is 13.0. The van der Waals surface area contributed by atoms with Crippen molar-refractivity contribution >= 4 is 48.8 Å². The van der Waals surface area contributed by atoms with Gasteiger partial charge in [-0.3, -0.25) is 9.69 Å². The van der Waals surface area contributed by atoms with Crippen molar-refractivity contribution in [3.8, 4) is 0 Å². The van der Waals surface area contributed by atoms with Gasteiger partial charge in [-0.25, -0.2) is 4.39 Å². The van der Waals surface area contributed by atoms with Crippen LogP contribution in [0.2, 0.25) is 0 Å². The van der Waals surface area contributed by atoms with E-state index in [0.717, 1.165) is 51.4 Å². The Morgan fingerprint density at radius 1 is 1.11 bits per heavy atom. The maximum atomic E-state index is 13.0. The maximum Gasteiger partial charge on any atom is 0.221 e. The highest BCUT2D eigenvalue weighted by molar-refractivity contribution is 5.86. The van der Waals surface area contributed by atoms with Gasteiger partial charge in [0.25, 0.3) is 0 Å². The molecule has 5 nitrogen and oxygen atoms in total. The number of benzene rings is 1. The van der Waals surface area contributed by atoms with Crippen molar-refractivity contribution in [3.63, 3.8) is 0 Å². The molecule has 2 aliphatic rings. The van der Waals surface area contributed by atoms with Crippen molar-refractivity contribution in [1.82, 2.24) is 15.5 Å². The Bertz CT molecular complexity index is 536.